The molecule has 0 saturated carbocycles. The number of carbonyl (C=O) groups excluding carboxylic acids is 1. The van der Waals surface area contributed by atoms with E-state index in [0.29, 0.717) is 48.8 Å². The minimum atomic E-state index is -0.958. The van der Waals surface area contributed by atoms with Gasteiger partial charge in [0.15, 0.2) is 11.5 Å². The van der Waals surface area contributed by atoms with Gasteiger partial charge in [-0.15, -0.1) is 0 Å². The molecule has 0 spiro atoms. The Balaban J connectivity index is 1.68. The monoisotopic (exact) mass is 329 g/mol. The first-order valence-electron chi connectivity index (χ1n) is 7.97. The molecule has 2 aliphatic rings. The molecule has 0 saturated heterocycles. The van der Waals surface area contributed by atoms with Crippen LogP contribution in [0.1, 0.15) is 31.2 Å². The Hall–Kier alpha value is -2.76. The van der Waals surface area contributed by atoms with Crippen molar-refractivity contribution in [1.29, 1.82) is 0 Å². The highest BCUT2D eigenvalue weighted by Crippen LogP contribution is 2.31. The maximum Gasteiger partial charge on any atom is 0.333 e. The smallest absolute Gasteiger partial charge is 0.333 e. The lowest BCUT2D eigenvalue weighted by molar-refractivity contribution is -0.133. The molecular weight excluding hydrogens is 310 g/mol. The van der Waals surface area contributed by atoms with Gasteiger partial charge >= 0.3 is 5.97 Å². The number of benzene rings is 1. The second kappa shape index (κ2) is 7.21. The summed E-state index contributed by atoms with van der Waals surface area (Å²) < 4.78 is 10.9. The number of allylic oxidation sites excluding steroid dienone is 1. The van der Waals surface area contributed by atoms with Crippen LogP contribution < -0.4 is 14.8 Å². The summed E-state index contributed by atoms with van der Waals surface area (Å²) >= 11 is 0. The van der Waals surface area contributed by atoms with E-state index in [0.717, 1.165) is 18.4 Å². The summed E-state index contributed by atoms with van der Waals surface area (Å²) in [4.78, 5) is 23.3. The summed E-state index contributed by atoms with van der Waals surface area (Å²) in [5, 5.41) is 11.9. The van der Waals surface area contributed by atoms with Crippen LogP contribution in [0.4, 0.5) is 0 Å². The minimum Gasteiger partial charge on any atom is -0.486 e. The van der Waals surface area contributed by atoms with Crippen molar-refractivity contribution >= 4 is 18.0 Å². The molecule has 0 aromatic heterocycles. The van der Waals surface area contributed by atoms with Crippen molar-refractivity contribution in [2.45, 2.75) is 25.7 Å². The number of fused-ring (bicyclic) bond motifs is 1. The van der Waals surface area contributed by atoms with Gasteiger partial charge in [0.2, 0.25) is 5.91 Å². The van der Waals surface area contributed by atoms with Crippen LogP contribution in [0.25, 0.3) is 6.08 Å². The number of amides is 1. The van der Waals surface area contributed by atoms with E-state index in [9.17, 15) is 14.7 Å². The van der Waals surface area contributed by atoms with Crippen LogP contribution >= 0.6 is 0 Å². The van der Waals surface area contributed by atoms with Crippen LogP contribution in [0.5, 0.6) is 11.5 Å². The normalized spacial score (nSPS) is 17.0. The summed E-state index contributed by atoms with van der Waals surface area (Å²) in [6.07, 6.45) is 5.87. The Kier molecular flexibility index (Phi) is 4.84. The molecule has 24 heavy (non-hydrogen) atoms. The molecule has 0 bridgehead atoms. The van der Waals surface area contributed by atoms with E-state index in [2.05, 4.69) is 5.32 Å². The number of carboxylic acid groups (broad SMARTS) is 1. The molecule has 0 unspecified atom stereocenters. The number of carbonyl (C=O) groups is 2. The van der Waals surface area contributed by atoms with Crippen LogP contribution in [0.15, 0.2) is 35.5 Å². The van der Waals surface area contributed by atoms with E-state index in [1.54, 1.807) is 18.2 Å². The van der Waals surface area contributed by atoms with E-state index < -0.39 is 5.97 Å². The molecule has 3 rings (SSSR count). The van der Waals surface area contributed by atoms with E-state index in [1.165, 1.54) is 6.08 Å². The lowest BCUT2D eigenvalue weighted by Crippen LogP contribution is -2.25. The first-order valence-corrected chi connectivity index (χ1v) is 7.97. The van der Waals surface area contributed by atoms with Gasteiger partial charge in [0.25, 0.3) is 0 Å². The van der Waals surface area contributed by atoms with Gasteiger partial charge in [-0.25, -0.2) is 4.79 Å². The van der Waals surface area contributed by atoms with E-state index >= 15 is 0 Å². The highest BCUT2D eigenvalue weighted by atomic mass is 16.6. The molecule has 1 aliphatic heterocycles. The van der Waals surface area contributed by atoms with Crippen molar-refractivity contribution < 1.29 is 24.2 Å². The van der Waals surface area contributed by atoms with Gasteiger partial charge < -0.3 is 19.9 Å². The van der Waals surface area contributed by atoms with Crippen LogP contribution in [0, 0.1) is 0 Å². The third kappa shape index (κ3) is 3.76. The standard InChI is InChI=1S/C18H19NO5/c20-17(19-14-4-2-1-3-13(14)18(21)22)8-6-12-5-7-15-16(11-12)24-10-9-23-15/h5-8,11H,1-4,9-10H2,(H,19,20)(H,21,22)/b8-6+. The predicted molar refractivity (Wildman–Crippen MR) is 87.7 cm³/mol. The molecule has 1 aliphatic carbocycles. The van der Waals surface area contributed by atoms with E-state index in [4.69, 9.17) is 9.47 Å². The fourth-order valence-corrected chi connectivity index (χ4v) is 2.81. The van der Waals surface area contributed by atoms with Crippen molar-refractivity contribution in [2.75, 3.05) is 13.2 Å². The molecule has 1 aromatic carbocycles. The fraction of sp³-hybridized carbons (Fsp3) is 0.333. The molecule has 6 nitrogen and oxygen atoms in total. The summed E-state index contributed by atoms with van der Waals surface area (Å²) in [6, 6.07) is 5.44. The van der Waals surface area contributed by atoms with Crippen molar-refractivity contribution in [3.63, 3.8) is 0 Å². The van der Waals surface area contributed by atoms with Crippen molar-refractivity contribution in [2.24, 2.45) is 0 Å². The van der Waals surface area contributed by atoms with Crippen molar-refractivity contribution in [3.8, 4) is 11.5 Å². The molecule has 1 amide bonds. The SMILES string of the molecule is O=C(/C=C/c1ccc2c(c1)OCCO2)NC1=C(C(=O)O)CCCC1. The maximum atomic E-state index is 12.1. The molecule has 6 heteroatoms. The van der Waals surface area contributed by atoms with Gasteiger partial charge in [0.05, 0.1) is 5.57 Å². The number of hydrogen-bond donors (Lipinski definition) is 2. The number of rotatable bonds is 4. The highest BCUT2D eigenvalue weighted by molar-refractivity contribution is 5.95. The lowest BCUT2D eigenvalue weighted by Gasteiger charge is -2.18. The van der Waals surface area contributed by atoms with Gasteiger partial charge in [-0.05, 0) is 49.5 Å². The predicted octanol–water partition coefficient (Wildman–Crippen LogP) is 2.50. The first-order chi connectivity index (χ1) is 11.6. The molecule has 0 radical (unpaired) electrons. The first kappa shape index (κ1) is 16.1. The van der Waals surface area contributed by atoms with Gasteiger partial charge in [-0.2, -0.15) is 0 Å². The molecule has 1 aromatic rings. The van der Waals surface area contributed by atoms with Crippen molar-refractivity contribution in [3.05, 3.63) is 41.1 Å². The molecule has 126 valence electrons. The van der Waals surface area contributed by atoms with Crippen LogP contribution in [-0.4, -0.2) is 30.2 Å². The Morgan fingerprint density at radius 1 is 1.08 bits per heavy atom. The number of aliphatic carboxylic acids is 1. The Morgan fingerprint density at radius 2 is 1.83 bits per heavy atom. The molecule has 0 fully saturated rings. The largest absolute Gasteiger partial charge is 0.486 e. The summed E-state index contributed by atoms with van der Waals surface area (Å²) in [5.41, 5.74) is 1.64. The van der Waals surface area contributed by atoms with Gasteiger partial charge in [-0.3, -0.25) is 4.79 Å². The number of nitrogens with one attached hydrogen (secondary N) is 1. The molecular formula is C18H19NO5. The minimum absolute atomic E-state index is 0.308. The third-order valence-electron chi connectivity index (χ3n) is 3.99. The maximum absolute atomic E-state index is 12.1. The number of carboxylic acids is 1. The summed E-state index contributed by atoms with van der Waals surface area (Å²) in [6.45, 7) is 1.04. The van der Waals surface area contributed by atoms with E-state index in [1.807, 2.05) is 6.07 Å². The number of ether oxygens (including phenoxy) is 2. The van der Waals surface area contributed by atoms with Crippen LogP contribution in [0.2, 0.25) is 0 Å². The molecule has 0 atom stereocenters. The number of hydrogen-bond acceptors (Lipinski definition) is 4. The zero-order valence-corrected chi connectivity index (χ0v) is 13.2. The topological polar surface area (TPSA) is 84.9 Å². The summed E-state index contributed by atoms with van der Waals surface area (Å²) in [7, 11) is 0. The van der Waals surface area contributed by atoms with Gasteiger partial charge in [0, 0.05) is 11.8 Å². The second-order valence-electron chi connectivity index (χ2n) is 5.70. The fourth-order valence-electron chi connectivity index (χ4n) is 2.81. The lowest BCUT2D eigenvalue weighted by atomic mass is 9.96. The molecule has 2 N–H and O–H groups in total. The Labute approximate surface area is 139 Å². The van der Waals surface area contributed by atoms with Gasteiger partial charge in [0.1, 0.15) is 13.2 Å². The average Bonchev–Trinajstić information content (AvgIpc) is 2.60. The highest BCUT2D eigenvalue weighted by Gasteiger charge is 2.19. The van der Waals surface area contributed by atoms with Crippen molar-refractivity contribution in [1.82, 2.24) is 5.32 Å². The molecule has 1 heterocycles. The Morgan fingerprint density at radius 3 is 2.62 bits per heavy atom. The summed E-state index contributed by atoms with van der Waals surface area (Å²) in [5.74, 6) is 0.0645. The van der Waals surface area contributed by atoms with Gasteiger partial charge in [-0.1, -0.05) is 6.07 Å². The van der Waals surface area contributed by atoms with E-state index in [-0.39, 0.29) is 5.91 Å². The third-order valence-corrected chi connectivity index (χ3v) is 3.99. The average molecular weight is 329 g/mol. The van der Waals surface area contributed by atoms with Crippen LogP contribution in [-0.2, 0) is 9.59 Å². The second-order valence-corrected chi connectivity index (χ2v) is 5.70. The quantitative estimate of drug-likeness (QED) is 0.829. The zero-order valence-electron chi connectivity index (χ0n) is 13.2. The Bertz CT molecular complexity index is 720. The van der Waals surface area contributed by atoms with Crippen LogP contribution in [0.3, 0.4) is 0 Å². The zero-order chi connectivity index (χ0) is 16.9.